The molecule has 3 aromatic heterocycles. The average Bonchev–Trinajstić information content (AvgIpc) is 3.02. The fraction of sp³-hybridized carbons (Fsp3) is 0. The third-order valence-electron chi connectivity index (χ3n) is 3.61. The quantitative estimate of drug-likeness (QED) is 0.553. The summed E-state index contributed by atoms with van der Waals surface area (Å²) in [7, 11) is 0. The second kappa shape index (κ2) is 5.07. The Hall–Kier alpha value is -3.01. The Morgan fingerprint density at radius 3 is 2.73 bits per heavy atom. The molecule has 0 aliphatic rings. The Kier molecular flexibility index (Phi) is 2.93. The molecule has 3 heterocycles. The van der Waals surface area contributed by atoms with E-state index in [9.17, 15) is 4.39 Å². The molecule has 0 fully saturated rings. The Balaban J connectivity index is 1.92. The number of imidazole rings is 1. The predicted molar refractivity (Wildman–Crippen MR) is 83.8 cm³/mol. The highest BCUT2D eigenvalue weighted by Crippen LogP contribution is 2.30. The van der Waals surface area contributed by atoms with Crippen LogP contribution in [0.1, 0.15) is 0 Å². The van der Waals surface area contributed by atoms with Crippen LogP contribution >= 0.6 is 0 Å². The lowest BCUT2D eigenvalue weighted by molar-refractivity contribution is 0.628. The average molecular weight is 289 g/mol. The minimum absolute atomic E-state index is 0.265. The van der Waals surface area contributed by atoms with Crippen molar-refractivity contribution in [1.82, 2.24) is 14.4 Å². The molecule has 0 atom stereocenters. The highest BCUT2D eigenvalue weighted by atomic mass is 19.1. The summed E-state index contributed by atoms with van der Waals surface area (Å²) in [5, 5.41) is 0. The van der Waals surface area contributed by atoms with E-state index in [2.05, 4.69) is 9.97 Å². The number of aromatic nitrogens is 3. The second-order valence-electron chi connectivity index (χ2n) is 5.02. The highest BCUT2D eigenvalue weighted by Gasteiger charge is 2.10. The maximum Gasteiger partial charge on any atom is 0.136 e. The lowest BCUT2D eigenvalue weighted by atomic mass is 10.0. The number of benzene rings is 1. The molecule has 0 bridgehead atoms. The van der Waals surface area contributed by atoms with Crippen molar-refractivity contribution < 1.29 is 4.39 Å². The maximum atomic E-state index is 13.5. The number of halogens is 1. The molecule has 0 spiro atoms. The van der Waals surface area contributed by atoms with E-state index in [1.165, 1.54) is 12.1 Å². The smallest absolute Gasteiger partial charge is 0.136 e. The van der Waals surface area contributed by atoms with E-state index < -0.39 is 0 Å². The van der Waals surface area contributed by atoms with Gasteiger partial charge in [-0.15, -0.1) is 0 Å². The zero-order valence-corrected chi connectivity index (χ0v) is 11.6. The summed E-state index contributed by atoms with van der Waals surface area (Å²) in [6.45, 7) is 0. The van der Waals surface area contributed by atoms with Crippen molar-refractivity contribution in [2.45, 2.75) is 0 Å². The first-order valence-corrected chi connectivity index (χ1v) is 6.95. The Morgan fingerprint density at radius 2 is 1.82 bits per heavy atom. The van der Waals surface area contributed by atoms with Gasteiger partial charge in [-0.25, -0.2) is 9.37 Å². The predicted octanol–water partition coefficient (Wildman–Crippen LogP) is 4.20. The summed E-state index contributed by atoms with van der Waals surface area (Å²) in [4.78, 5) is 8.69. The van der Waals surface area contributed by atoms with Gasteiger partial charge < -0.3 is 4.40 Å². The number of rotatable bonds is 2. The van der Waals surface area contributed by atoms with Crippen LogP contribution in [0.15, 0.2) is 73.3 Å². The summed E-state index contributed by atoms with van der Waals surface area (Å²) in [6, 6.07) is 14.3. The van der Waals surface area contributed by atoms with Gasteiger partial charge in [0.05, 0.1) is 5.69 Å². The lowest BCUT2D eigenvalue weighted by Crippen LogP contribution is -1.91. The zero-order valence-electron chi connectivity index (χ0n) is 11.6. The van der Waals surface area contributed by atoms with Crippen molar-refractivity contribution in [3.63, 3.8) is 0 Å². The first kappa shape index (κ1) is 12.7. The Morgan fingerprint density at radius 1 is 0.864 bits per heavy atom. The molecule has 0 aliphatic carbocycles. The van der Waals surface area contributed by atoms with Crippen molar-refractivity contribution in [3.8, 4) is 22.4 Å². The number of nitrogens with zero attached hydrogens (tertiary/aromatic N) is 3. The van der Waals surface area contributed by atoms with E-state index in [1.807, 2.05) is 47.1 Å². The van der Waals surface area contributed by atoms with E-state index in [0.29, 0.717) is 0 Å². The summed E-state index contributed by atoms with van der Waals surface area (Å²) in [6.07, 6.45) is 7.38. The van der Waals surface area contributed by atoms with Crippen LogP contribution in [0.2, 0.25) is 0 Å². The van der Waals surface area contributed by atoms with Crippen LogP contribution < -0.4 is 0 Å². The molecular formula is C18H12FN3. The third kappa shape index (κ3) is 2.15. The molecule has 0 unspecified atom stereocenters. The largest absolute Gasteiger partial charge is 0.306 e. The maximum absolute atomic E-state index is 13.5. The first-order chi connectivity index (χ1) is 10.8. The number of pyridine rings is 2. The van der Waals surface area contributed by atoms with Crippen molar-refractivity contribution in [3.05, 3.63) is 79.1 Å². The van der Waals surface area contributed by atoms with Crippen LogP contribution in [-0.4, -0.2) is 14.4 Å². The standard InChI is InChI=1S/C18H12FN3/c19-15-4-1-3-13(11-15)18-16(5-2-8-21-18)14-6-7-17-20-9-10-22(17)12-14/h1-12H. The normalized spacial score (nSPS) is 11.0. The Bertz CT molecular complexity index is 959. The van der Waals surface area contributed by atoms with Gasteiger partial charge in [0.25, 0.3) is 0 Å². The van der Waals surface area contributed by atoms with E-state index in [0.717, 1.165) is 28.0 Å². The fourth-order valence-corrected chi connectivity index (χ4v) is 2.58. The molecule has 1 aromatic carbocycles. The van der Waals surface area contributed by atoms with Crippen LogP contribution in [0.4, 0.5) is 4.39 Å². The van der Waals surface area contributed by atoms with Crippen LogP contribution in [0.3, 0.4) is 0 Å². The third-order valence-corrected chi connectivity index (χ3v) is 3.61. The van der Waals surface area contributed by atoms with E-state index >= 15 is 0 Å². The Labute approximate surface area is 126 Å². The summed E-state index contributed by atoms with van der Waals surface area (Å²) < 4.78 is 15.5. The summed E-state index contributed by atoms with van der Waals surface area (Å²) >= 11 is 0. The van der Waals surface area contributed by atoms with Gasteiger partial charge in [0.15, 0.2) is 0 Å². The van der Waals surface area contributed by atoms with Crippen LogP contribution in [0.5, 0.6) is 0 Å². The molecular weight excluding hydrogens is 277 g/mol. The van der Waals surface area contributed by atoms with Gasteiger partial charge in [-0.3, -0.25) is 4.98 Å². The topological polar surface area (TPSA) is 30.2 Å². The first-order valence-electron chi connectivity index (χ1n) is 6.95. The van der Waals surface area contributed by atoms with Crippen LogP contribution in [0, 0.1) is 5.82 Å². The van der Waals surface area contributed by atoms with E-state index in [1.54, 1.807) is 18.5 Å². The molecule has 0 amide bonds. The molecule has 22 heavy (non-hydrogen) atoms. The number of hydrogen-bond donors (Lipinski definition) is 0. The van der Waals surface area contributed by atoms with Crippen LogP contribution in [-0.2, 0) is 0 Å². The van der Waals surface area contributed by atoms with Gasteiger partial charge in [0.1, 0.15) is 11.5 Å². The number of fused-ring (bicyclic) bond motifs is 1. The number of hydrogen-bond acceptors (Lipinski definition) is 2. The SMILES string of the molecule is Fc1cccc(-c2ncccc2-c2ccc3nccn3c2)c1. The summed E-state index contributed by atoms with van der Waals surface area (Å²) in [5.74, 6) is -0.265. The fourth-order valence-electron chi connectivity index (χ4n) is 2.58. The van der Waals surface area contributed by atoms with Crippen LogP contribution in [0.25, 0.3) is 28.0 Å². The molecule has 4 rings (SSSR count). The van der Waals surface area contributed by atoms with Crippen molar-refractivity contribution in [1.29, 1.82) is 0 Å². The molecule has 0 saturated carbocycles. The molecule has 0 radical (unpaired) electrons. The lowest BCUT2D eigenvalue weighted by Gasteiger charge is -2.09. The minimum Gasteiger partial charge on any atom is -0.306 e. The van der Waals surface area contributed by atoms with Gasteiger partial charge in [-0.1, -0.05) is 18.2 Å². The zero-order chi connectivity index (χ0) is 14.9. The van der Waals surface area contributed by atoms with Gasteiger partial charge in [-0.2, -0.15) is 0 Å². The molecule has 106 valence electrons. The van der Waals surface area contributed by atoms with E-state index in [4.69, 9.17) is 0 Å². The second-order valence-corrected chi connectivity index (χ2v) is 5.02. The minimum atomic E-state index is -0.265. The molecule has 0 N–H and O–H groups in total. The van der Waals surface area contributed by atoms with Crippen molar-refractivity contribution in [2.75, 3.05) is 0 Å². The highest BCUT2D eigenvalue weighted by molar-refractivity contribution is 5.80. The van der Waals surface area contributed by atoms with Gasteiger partial charge in [0, 0.05) is 41.5 Å². The monoisotopic (exact) mass is 289 g/mol. The molecule has 3 nitrogen and oxygen atoms in total. The van der Waals surface area contributed by atoms with Gasteiger partial charge >= 0.3 is 0 Å². The van der Waals surface area contributed by atoms with Gasteiger partial charge in [0.2, 0.25) is 0 Å². The molecule has 0 saturated heterocycles. The van der Waals surface area contributed by atoms with Crippen molar-refractivity contribution in [2.24, 2.45) is 0 Å². The molecule has 4 aromatic rings. The van der Waals surface area contributed by atoms with Crippen molar-refractivity contribution >= 4 is 5.65 Å². The summed E-state index contributed by atoms with van der Waals surface area (Å²) in [5.41, 5.74) is 4.39. The van der Waals surface area contributed by atoms with Gasteiger partial charge in [-0.05, 0) is 30.3 Å². The molecule has 0 aliphatic heterocycles. The molecule has 4 heteroatoms. The van der Waals surface area contributed by atoms with E-state index in [-0.39, 0.29) is 5.82 Å².